The Morgan fingerprint density at radius 2 is 2.00 bits per heavy atom. The molecular weight excluding hydrogens is 156 g/mol. The van der Waals surface area contributed by atoms with E-state index >= 15 is 0 Å². The molecule has 72 valence electrons. The number of ether oxygens (including phenoxy) is 2. The molecule has 0 aliphatic carbocycles. The van der Waals surface area contributed by atoms with E-state index in [9.17, 15) is 4.79 Å². The Hall–Kier alpha value is -0.830. The van der Waals surface area contributed by atoms with E-state index in [1.54, 1.807) is 6.92 Å². The van der Waals surface area contributed by atoms with Crippen LogP contribution >= 0.6 is 0 Å². The molecule has 12 heavy (non-hydrogen) atoms. The quantitative estimate of drug-likeness (QED) is 0.481. The minimum absolute atomic E-state index is 0.127. The molecule has 0 aliphatic rings. The first-order valence-corrected chi connectivity index (χ1v) is 3.91. The van der Waals surface area contributed by atoms with Gasteiger partial charge in [0.05, 0.1) is 6.61 Å². The van der Waals surface area contributed by atoms with Crippen molar-refractivity contribution in [1.82, 2.24) is 0 Å². The van der Waals surface area contributed by atoms with Gasteiger partial charge >= 0.3 is 5.97 Å². The van der Waals surface area contributed by atoms with Crippen molar-refractivity contribution in [3.05, 3.63) is 13.2 Å². The normalized spacial score (nSPS) is 10.9. The average Bonchev–Trinajstić information content (AvgIpc) is 2.03. The third kappa shape index (κ3) is 11.9. The van der Waals surface area contributed by atoms with Crippen LogP contribution < -0.4 is 0 Å². The van der Waals surface area contributed by atoms with Gasteiger partial charge in [-0.3, -0.25) is 4.79 Å². The van der Waals surface area contributed by atoms with Crippen LogP contribution in [-0.2, 0) is 14.3 Å². The number of hydrogen-bond donors (Lipinski definition) is 0. The lowest BCUT2D eigenvalue weighted by Crippen LogP contribution is -2.18. The third-order valence-electron chi connectivity index (χ3n) is 0.924. The maximum Gasteiger partial charge on any atom is 0.302 e. The molecule has 0 heterocycles. The summed E-state index contributed by atoms with van der Waals surface area (Å²) in [6.45, 7) is 12.2. The highest BCUT2D eigenvalue weighted by atomic mass is 16.6. The van der Waals surface area contributed by atoms with Gasteiger partial charge in [-0.25, -0.2) is 0 Å². The van der Waals surface area contributed by atoms with Crippen molar-refractivity contribution in [1.29, 1.82) is 0 Å². The van der Waals surface area contributed by atoms with Gasteiger partial charge in [0.15, 0.2) is 0 Å². The molecule has 0 aromatic rings. The lowest BCUT2D eigenvalue weighted by Gasteiger charge is -2.10. The highest BCUT2D eigenvalue weighted by Crippen LogP contribution is 1.91. The second-order valence-corrected chi connectivity index (χ2v) is 2.08. The molecule has 0 radical (unpaired) electrons. The standard InChI is InChI=1S/C7H14O3.C2H4/c1-4-9-5-6(2)10-7(3)8;1-2/h6H,4-5H2,1-3H3;1-2H2. The molecular formula is C9H18O3. The topological polar surface area (TPSA) is 35.5 Å². The zero-order valence-electron chi connectivity index (χ0n) is 8.13. The molecule has 0 fully saturated rings. The highest BCUT2D eigenvalue weighted by molar-refractivity contribution is 5.66. The second-order valence-electron chi connectivity index (χ2n) is 2.08. The predicted octanol–water partition coefficient (Wildman–Crippen LogP) is 1.78. The smallest absolute Gasteiger partial charge is 0.302 e. The van der Waals surface area contributed by atoms with E-state index in [-0.39, 0.29) is 12.1 Å². The van der Waals surface area contributed by atoms with Gasteiger partial charge in [-0.2, -0.15) is 0 Å². The molecule has 0 saturated heterocycles. The van der Waals surface area contributed by atoms with Gasteiger partial charge in [0.2, 0.25) is 0 Å². The summed E-state index contributed by atoms with van der Waals surface area (Å²) in [4.78, 5) is 10.3. The minimum atomic E-state index is -0.257. The summed E-state index contributed by atoms with van der Waals surface area (Å²) in [6.07, 6.45) is -0.127. The van der Waals surface area contributed by atoms with Crippen LogP contribution in [0.2, 0.25) is 0 Å². The lowest BCUT2D eigenvalue weighted by atomic mass is 10.4. The van der Waals surface area contributed by atoms with E-state index in [2.05, 4.69) is 13.2 Å². The number of rotatable bonds is 4. The van der Waals surface area contributed by atoms with Gasteiger partial charge in [-0.1, -0.05) is 0 Å². The van der Waals surface area contributed by atoms with E-state index in [0.29, 0.717) is 13.2 Å². The van der Waals surface area contributed by atoms with E-state index < -0.39 is 0 Å². The molecule has 0 rings (SSSR count). The fourth-order valence-electron chi connectivity index (χ4n) is 0.601. The molecule has 0 aliphatic heterocycles. The van der Waals surface area contributed by atoms with Crippen LogP contribution in [0.4, 0.5) is 0 Å². The third-order valence-corrected chi connectivity index (χ3v) is 0.924. The zero-order chi connectivity index (χ0) is 9.98. The molecule has 1 atom stereocenters. The van der Waals surface area contributed by atoms with Crippen molar-refractivity contribution in [2.75, 3.05) is 13.2 Å². The molecule has 0 saturated carbocycles. The fraction of sp³-hybridized carbons (Fsp3) is 0.667. The predicted molar refractivity (Wildman–Crippen MR) is 49.0 cm³/mol. The van der Waals surface area contributed by atoms with Gasteiger partial charge < -0.3 is 9.47 Å². The van der Waals surface area contributed by atoms with Crippen LogP contribution in [-0.4, -0.2) is 25.3 Å². The Kier molecular flexibility index (Phi) is 11.6. The van der Waals surface area contributed by atoms with Crippen molar-refractivity contribution in [2.45, 2.75) is 26.9 Å². The lowest BCUT2D eigenvalue weighted by molar-refractivity contribution is -0.148. The maximum atomic E-state index is 10.3. The van der Waals surface area contributed by atoms with Crippen LogP contribution in [0.15, 0.2) is 13.2 Å². The average molecular weight is 174 g/mol. The van der Waals surface area contributed by atoms with Crippen LogP contribution in [0.3, 0.4) is 0 Å². The van der Waals surface area contributed by atoms with Crippen molar-refractivity contribution in [3.63, 3.8) is 0 Å². The molecule has 1 unspecified atom stereocenters. The molecule has 0 aromatic carbocycles. The summed E-state index contributed by atoms with van der Waals surface area (Å²) in [5, 5.41) is 0. The van der Waals surface area contributed by atoms with Crippen LogP contribution in [0.1, 0.15) is 20.8 Å². The largest absolute Gasteiger partial charge is 0.460 e. The van der Waals surface area contributed by atoms with Gasteiger partial charge in [-0.05, 0) is 13.8 Å². The number of hydrogen-bond acceptors (Lipinski definition) is 3. The van der Waals surface area contributed by atoms with Crippen LogP contribution in [0.5, 0.6) is 0 Å². The van der Waals surface area contributed by atoms with E-state index in [1.165, 1.54) is 6.92 Å². The Balaban J connectivity index is 0. The Labute approximate surface area is 74.4 Å². The Morgan fingerprint density at radius 1 is 1.50 bits per heavy atom. The molecule has 0 bridgehead atoms. The summed E-state index contributed by atoms with van der Waals surface area (Å²) in [5.41, 5.74) is 0. The van der Waals surface area contributed by atoms with Crippen molar-refractivity contribution in [3.8, 4) is 0 Å². The number of carbonyl (C=O) groups is 1. The van der Waals surface area contributed by atoms with Gasteiger partial charge in [-0.15, -0.1) is 13.2 Å². The van der Waals surface area contributed by atoms with Gasteiger partial charge in [0.1, 0.15) is 6.10 Å². The number of esters is 1. The first-order valence-electron chi connectivity index (χ1n) is 3.91. The van der Waals surface area contributed by atoms with Crippen LogP contribution in [0, 0.1) is 0 Å². The van der Waals surface area contributed by atoms with E-state index in [4.69, 9.17) is 9.47 Å². The maximum absolute atomic E-state index is 10.3. The van der Waals surface area contributed by atoms with Gasteiger partial charge in [0, 0.05) is 13.5 Å². The van der Waals surface area contributed by atoms with Crippen LogP contribution in [0.25, 0.3) is 0 Å². The second kappa shape index (κ2) is 10.2. The summed E-state index contributed by atoms with van der Waals surface area (Å²) < 4.78 is 9.81. The Bertz CT molecular complexity index is 112. The first kappa shape index (κ1) is 13.7. The summed E-state index contributed by atoms with van der Waals surface area (Å²) in [7, 11) is 0. The number of carbonyl (C=O) groups excluding carboxylic acids is 1. The summed E-state index contributed by atoms with van der Waals surface area (Å²) in [6, 6.07) is 0. The van der Waals surface area contributed by atoms with Crippen molar-refractivity contribution >= 4 is 5.97 Å². The first-order chi connectivity index (χ1) is 5.66. The molecule has 0 spiro atoms. The Morgan fingerprint density at radius 3 is 2.33 bits per heavy atom. The molecule has 0 amide bonds. The molecule has 3 heteroatoms. The van der Waals surface area contributed by atoms with Crippen molar-refractivity contribution in [2.24, 2.45) is 0 Å². The van der Waals surface area contributed by atoms with Crippen molar-refractivity contribution < 1.29 is 14.3 Å². The summed E-state index contributed by atoms with van der Waals surface area (Å²) >= 11 is 0. The molecule has 3 nitrogen and oxygen atoms in total. The molecule has 0 N–H and O–H groups in total. The summed E-state index contributed by atoms with van der Waals surface area (Å²) in [5.74, 6) is -0.257. The minimum Gasteiger partial charge on any atom is -0.460 e. The molecule has 0 aromatic heterocycles. The van der Waals surface area contributed by atoms with Gasteiger partial charge in [0.25, 0.3) is 0 Å². The van der Waals surface area contributed by atoms with E-state index in [1.807, 2.05) is 6.92 Å². The SMILES string of the molecule is C=C.CCOCC(C)OC(C)=O. The monoisotopic (exact) mass is 174 g/mol. The highest BCUT2D eigenvalue weighted by Gasteiger charge is 2.03. The zero-order valence-corrected chi connectivity index (χ0v) is 8.13. The fourth-order valence-corrected chi connectivity index (χ4v) is 0.601. The van der Waals surface area contributed by atoms with E-state index in [0.717, 1.165) is 0 Å².